The van der Waals surface area contributed by atoms with Crippen LogP contribution in [0.4, 0.5) is 0 Å². The summed E-state index contributed by atoms with van der Waals surface area (Å²) in [4.78, 5) is 12.3. The van der Waals surface area contributed by atoms with Gasteiger partial charge < -0.3 is 15.8 Å². The minimum Gasteiger partial charge on any atom is -0.489 e. The summed E-state index contributed by atoms with van der Waals surface area (Å²) in [7, 11) is 0. The average molecular weight is 292 g/mol. The summed E-state index contributed by atoms with van der Waals surface area (Å²) < 4.78 is 5.79. The van der Waals surface area contributed by atoms with Gasteiger partial charge in [0.15, 0.2) is 0 Å². The molecule has 21 heavy (non-hydrogen) atoms. The Labute approximate surface area is 128 Å². The van der Waals surface area contributed by atoms with E-state index in [2.05, 4.69) is 5.32 Å². The van der Waals surface area contributed by atoms with Gasteiger partial charge in [-0.2, -0.15) is 0 Å². The van der Waals surface area contributed by atoms with Crippen molar-refractivity contribution in [3.05, 3.63) is 29.8 Å². The highest BCUT2D eigenvalue weighted by molar-refractivity contribution is 5.82. The Morgan fingerprint density at radius 2 is 1.86 bits per heavy atom. The van der Waals surface area contributed by atoms with E-state index in [0.29, 0.717) is 13.1 Å². The van der Waals surface area contributed by atoms with Crippen LogP contribution in [0.1, 0.15) is 39.2 Å². The van der Waals surface area contributed by atoms with E-state index in [1.165, 1.54) is 5.56 Å². The number of nitrogens with one attached hydrogen (secondary N) is 1. The number of rotatable bonds is 8. The van der Waals surface area contributed by atoms with Crippen molar-refractivity contribution in [1.29, 1.82) is 0 Å². The Morgan fingerprint density at radius 3 is 2.33 bits per heavy atom. The molecular formula is C17H28N2O2. The predicted molar refractivity (Wildman–Crippen MR) is 86.3 cm³/mol. The fourth-order valence-electron chi connectivity index (χ4n) is 2.27. The van der Waals surface area contributed by atoms with Crippen LogP contribution in [0.2, 0.25) is 0 Å². The SMILES string of the molecule is CCC(CC)(CN)C(=O)NCC(C)Oc1ccc(C)cc1. The highest BCUT2D eigenvalue weighted by Crippen LogP contribution is 2.24. The van der Waals surface area contributed by atoms with Crippen LogP contribution in [0.25, 0.3) is 0 Å². The summed E-state index contributed by atoms with van der Waals surface area (Å²) in [5, 5.41) is 2.96. The van der Waals surface area contributed by atoms with Gasteiger partial charge >= 0.3 is 0 Å². The maximum absolute atomic E-state index is 12.3. The van der Waals surface area contributed by atoms with Crippen molar-refractivity contribution >= 4 is 5.91 Å². The van der Waals surface area contributed by atoms with Gasteiger partial charge in [0.1, 0.15) is 11.9 Å². The summed E-state index contributed by atoms with van der Waals surface area (Å²) in [6.45, 7) is 8.84. The molecule has 1 unspecified atom stereocenters. The first kappa shape index (κ1) is 17.5. The van der Waals surface area contributed by atoms with Crippen LogP contribution in [0.15, 0.2) is 24.3 Å². The maximum atomic E-state index is 12.3. The van der Waals surface area contributed by atoms with Crippen LogP contribution in [0, 0.1) is 12.3 Å². The summed E-state index contributed by atoms with van der Waals surface area (Å²) in [6, 6.07) is 7.90. The van der Waals surface area contributed by atoms with Crippen molar-refractivity contribution in [1.82, 2.24) is 5.32 Å². The molecule has 1 atom stereocenters. The standard InChI is InChI=1S/C17H28N2O2/c1-5-17(6-2,12-18)16(20)19-11-14(4)21-15-9-7-13(3)8-10-15/h7-10,14H,5-6,11-12,18H2,1-4H3,(H,19,20). The van der Waals surface area contributed by atoms with E-state index in [-0.39, 0.29) is 12.0 Å². The van der Waals surface area contributed by atoms with E-state index in [1.54, 1.807) is 0 Å². The first-order chi connectivity index (χ1) is 9.97. The Morgan fingerprint density at radius 1 is 1.29 bits per heavy atom. The fourth-order valence-corrected chi connectivity index (χ4v) is 2.27. The molecule has 0 aromatic heterocycles. The average Bonchev–Trinajstić information content (AvgIpc) is 2.50. The van der Waals surface area contributed by atoms with E-state index in [9.17, 15) is 4.79 Å². The van der Waals surface area contributed by atoms with E-state index >= 15 is 0 Å². The number of aryl methyl sites for hydroxylation is 1. The Bertz CT molecular complexity index is 430. The molecule has 0 heterocycles. The van der Waals surface area contributed by atoms with Crippen molar-refractivity contribution in [3.63, 3.8) is 0 Å². The van der Waals surface area contributed by atoms with Crippen molar-refractivity contribution in [2.24, 2.45) is 11.1 Å². The highest BCUT2D eigenvalue weighted by atomic mass is 16.5. The number of hydrogen-bond donors (Lipinski definition) is 2. The minimum absolute atomic E-state index is 0.0226. The van der Waals surface area contributed by atoms with E-state index < -0.39 is 5.41 Å². The number of carbonyl (C=O) groups excluding carboxylic acids is 1. The predicted octanol–water partition coefficient (Wildman–Crippen LogP) is 2.64. The van der Waals surface area contributed by atoms with Gasteiger partial charge in [0.2, 0.25) is 5.91 Å². The van der Waals surface area contributed by atoms with E-state index in [1.807, 2.05) is 52.0 Å². The van der Waals surface area contributed by atoms with Gasteiger partial charge in [-0.25, -0.2) is 0 Å². The summed E-state index contributed by atoms with van der Waals surface area (Å²) in [6.07, 6.45) is 1.42. The Hall–Kier alpha value is -1.55. The van der Waals surface area contributed by atoms with Crippen LogP contribution in [0.5, 0.6) is 5.75 Å². The second kappa shape index (κ2) is 8.03. The molecule has 0 radical (unpaired) electrons. The molecule has 0 saturated carbocycles. The molecule has 4 nitrogen and oxygen atoms in total. The molecule has 4 heteroatoms. The molecule has 0 bridgehead atoms. The molecule has 0 saturated heterocycles. The van der Waals surface area contributed by atoms with Crippen molar-refractivity contribution in [3.8, 4) is 5.75 Å². The zero-order chi connectivity index (χ0) is 15.9. The van der Waals surface area contributed by atoms with Crippen LogP contribution in [-0.4, -0.2) is 25.1 Å². The monoisotopic (exact) mass is 292 g/mol. The molecule has 0 aliphatic rings. The van der Waals surface area contributed by atoms with Gasteiger partial charge in [0, 0.05) is 6.54 Å². The summed E-state index contributed by atoms with van der Waals surface area (Å²) in [5.41, 5.74) is 6.52. The molecule has 1 aromatic rings. The number of nitrogens with two attached hydrogens (primary N) is 1. The first-order valence-corrected chi connectivity index (χ1v) is 7.69. The molecule has 3 N–H and O–H groups in total. The minimum atomic E-state index is -0.455. The van der Waals surface area contributed by atoms with Gasteiger partial charge in [-0.05, 0) is 38.8 Å². The zero-order valence-electron chi connectivity index (χ0n) is 13.6. The number of benzene rings is 1. The van der Waals surface area contributed by atoms with E-state index in [0.717, 1.165) is 18.6 Å². The Kier molecular flexibility index (Phi) is 6.69. The third kappa shape index (κ3) is 4.74. The molecule has 0 spiro atoms. The lowest BCUT2D eigenvalue weighted by molar-refractivity contribution is -0.131. The third-order valence-corrected chi connectivity index (χ3v) is 4.13. The lowest BCUT2D eigenvalue weighted by Crippen LogP contribution is -2.47. The molecule has 0 aliphatic heterocycles. The van der Waals surface area contributed by atoms with Gasteiger partial charge in [0.25, 0.3) is 0 Å². The van der Waals surface area contributed by atoms with Crippen LogP contribution >= 0.6 is 0 Å². The third-order valence-electron chi connectivity index (χ3n) is 4.13. The van der Waals surface area contributed by atoms with Crippen LogP contribution in [-0.2, 0) is 4.79 Å². The summed E-state index contributed by atoms with van der Waals surface area (Å²) >= 11 is 0. The topological polar surface area (TPSA) is 64.4 Å². The van der Waals surface area contributed by atoms with Crippen molar-refractivity contribution in [2.45, 2.75) is 46.6 Å². The maximum Gasteiger partial charge on any atom is 0.227 e. The second-order valence-corrected chi connectivity index (χ2v) is 5.64. The van der Waals surface area contributed by atoms with Crippen molar-refractivity contribution in [2.75, 3.05) is 13.1 Å². The number of carbonyl (C=O) groups is 1. The Balaban J connectivity index is 2.50. The van der Waals surface area contributed by atoms with Gasteiger partial charge in [-0.1, -0.05) is 31.5 Å². The molecule has 1 rings (SSSR count). The van der Waals surface area contributed by atoms with Crippen LogP contribution < -0.4 is 15.8 Å². The molecular weight excluding hydrogens is 264 g/mol. The zero-order valence-corrected chi connectivity index (χ0v) is 13.6. The first-order valence-electron chi connectivity index (χ1n) is 7.69. The molecule has 0 aliphatic carbocycles. The van der Waals surface area contributed by atoms with Gasteiger partial charge in [-0.15, -0.1) is 0 Å². The normalized spacial score (nSPS) is 12.8. The van der Waals surface area contributed by atoms with Crippen molar-refractivity contribution < 1.29 is 9.53 Å². The largest absolute Gasteiger partial charge is 0.489 e. The smallest absolute Gasteiger partial charge is 0.227 e. The fraction of sp³-hybridized carbons (Fsp3) is 0.588. The second-order valence-electron chi connectivity index (χ2n) is 5.64. The lowest BCUT2D eigenvalue weighted by atomic mass is 9.81. The molecule has 0 fully saturated rings. The number of amides is 1. The number of hydrogen-bond acceptors (Lipinski definition) is 3. The van der Waals surface area contributed by atoms with Crippen LogP contribution in [0.3, 0.4) is 0 Å². The highest BCUT2D eigenvalue weighted by Gasteiger charge is 2.33. The quantitative estimate of drug-likeness (QED) is 0.774. The van der Waals surface area contributed by atoms with E-state index in [4.69, 9.17) is 10.5 Å². The summed E-state index contributed by atoms with van der Waals surface area (Å²) in [5.74, 6) is 0.841. The molecule has 1 aromatic carbocycles. The van der Waals surface area contributed by atoms with Gasteiger partial charge in [-0.3, -0.25) is 4.79 Å². The number of ether oxygens (including phenoxy) is 1. The lowest BCUT2D eigenvalue weighted by Gasteiger charge is -2.29. The molecule has 1 amide bonds. The van der Waals surface area contributed by atoms with Gasteiger partial charge in [0.05, 0.1) is 12.0 Å². The molecule has 118 valence electrons.